The Kier molecular flexibility index (Phi) is 13.3. The van der Waals surface area contributed by atoms with Gasteiger partial charge >= 0.3 is 5.97 Å². The summed E-state index contributed by atoms with van der Waals surface area (Å²) < 4.78 is 40.9. The van der Waals surface area contributed by atoms with Gasteiger partial charge in [0.05, 0.1) is 22.5 Å². The largest absolute Gasteiger partial charge is 0.478 e. The molecule has 2 heterocycles. The number of amides is 1. The van der Waals surface area contributed by atoms with E-state index in [0.29, 0.717) is 50.6 Å². The molecule has 1 amide bonds. The summed E-state index contributed by atoms with van der Waals surface area (Å²) in [5.41, 5.74) is 0.550. The van der Waals surface area contributed by atoms with Crippen molar-refractivity contribution in [1.29, 1.82) is 0 Å². The van der Waals surface area contributed by atoms with E-state index in [0.717, 1.165) is 30.7 Å². The van der Waals surface area contributed by atoms with Crippen molar-refractivity contribution < 1.29 is 27.5 Å². The van der Waals surface area contributed by atoms with Crippen molar-refractivity contribution in [3.63, 3.8) is 0 Å². The Morgan fingerprint density at radius 1 is 1.00 bits per heavy atom. The van der Waals surface area contributed by atoms with Gasteiger partial charge in [-0.15, -0.1) is 37.2 Å². The number of carboxylic acid groups (broad SMARTS) is 1. The maximum absolute atomic E-state index is 13.2. The molecule has 10 nitrogen and oxygen atoms in total. The lowest BCUT2D eigenvalue weighted by molar-refractivity contribution is -0.122. The van der Waals surface area contributed by atoms with E-state index in [4.69, 9.17) is 0 Å². The first-order valence-corrected chi connectivity index (χ1v) is 13.3. The molecule has 1 aliphatic heterocycles. The number of sulfonamides is 1. The second-order valence-electron chi connectivity index (χ2n) is 8.74. The SMILES string of the molecule is CCCNC(=O)CN1CCN(c2cc(C(=O)O)c3cc(NS(=O)(=O)c4ccc(F)cc4)ccc3n2)CC1.Cl.Cl.Cl. The molecule has 3 N–H and O–H groups in total. The van der Waals surface area contributed by atoms with Crippen molar-refractivity contribution in [2.24, 2.45) is 0 Å². The van der Waals surface area contributed by atoms with Crippen molar-refractivity contribution in [3.05, 3.63) is 59.9 Å². The number of carboxylic acids is 1. The third-order valence-electron chi connectivity index (χ3n) is 6.04. The quantitative estimate of drug-likeness (QED) is 0.323. The summed E-state index contributed by atoms with van der Waals surface area (Å²) in [6, 6.07) is 10.3. The van der Waals surface area contributed by atoms with Gasteiger partial charge in [-0.3, -0.25) is 14.4 Å². The van der Waals surface area contributed by atoms with Gasteiger partial charge in [-0.1, -0.05) is 6.92 Å². The van der Waals surface area contributed by atoms with Crippen LogP contribution in [0.4, 0.5) is 15.9 Å². The van der Waals surface area contributed by atoms with Crippen LogP contribution in [0.2, 0.25) is 0 Å². The van der Waals surface area contributed by atoms with Gasteiger partial charge in [0.25, 0.3) is 10.0 Å². The minimum absolute atomic E-state index is 0. The summed E-state index contributed by atoms with van der Waals surface area (Å²) in [6.45, 7) is 5.37. The summed E-state index contributed by atoms with van der Waals surface area (Å²) in [5.74, 6) is -1.24. The molecule has 4 rings (SSSR count). The molecule has 2 aromatic carbocycles. The first kappa shape index (κ1) is 35.1. The molecule has 15 heteroatoms. The van der Waals surface area contributed by atoms with Gasteiger partial charge in [0.1, 0.15) is 11.6 Å². The van der Waals surface area contributed by atoms with E-state index in [2.05, 4.69) is 15.0 Å². The molecule has 0 radical (unpaired) electrons. The van der Waals surface area contributed by atoms with Crippen molar-refractivity contribution >= 4 is 81.5 Å². The Morgan fingerprint density at radius 2 is 1.65 bits per heavy atom. The van der Waals surface area contributed by atoms with Crippen molar-refractivity contribution in [2.45, 2.75) is 18.2 Å². The molecule has 220 valence electrons. The number of benzene rings is 2. The third-order valence-corrected chi connectivity index (χ3v) is 7.43. The molecule has 1 aromatic heterocycles. The van der Waals surface area contributed by atoms with E-state index in [1.807, 2.05) is 16.7 Å². The Hall–Kier alpha value is -2.90. The first-order chi connectivity index (χ1) is 17.7. The van der Waals surface area contributed by atoms with Crippen LogP contribution in [0.1, 0.15) is 23.7 Å². The van der Waals surface area contributed by atoms with Crippen LogP contribution in [0.25, 0.3) is 10.9 Å². The zero-order valence-corrected chi connectivity index (χ0v) is 24.8. The number of halogens is 4. The molecule has 1 saturated heterocycles. The minimum atomic E-state index is -4.00. The highest BCUT2D eigenvalue weighted by atomic mass is 35.5. The van der Waals surface area contributed by atoms with Gasteiger partial charge in [0.2, 0.25) is 5.91 Å². The Morgan fingerprint density at radius 3 is 2.25 bits per heavy atom. The van der Waals surface area contributed by atoms with Crippen LogP contribution in [0.15, 0.2) is 53.4 Å². The smallest absolute Gasteiger partial charge is 0.336 e. The maximum atomic E-state index is 13.2. The highest BCUT2D eigenvalue weighted by molar-refractivity contribution is 7.92. The average molecular weight is 639 g/mol. The Bertz CT molecular complexity index is 1420. The lowest BCUT2D eigenvalue weighted by Gasteiger charge is -2.35. The fraction of sp³-hybridized carbons (Fsp3) is 0.320. The van der Waals surface area contributed by atoms with Crippen molar-refractivity contribution in [2.75, 3.05) is 48.9 Å². The predicted octanol–water partition coefficient (Wildman–Crippen LogP) is 3.79. The number of hydrogen-bond donors (Lipinski definition) is 3. The van der Waals surface area contributed by atoms with Crippen molar-refractivity contribution in [1.82, 2.24) is 15.2 Å². The molecule has 0 saturated carbocycles. The summed E-state index contributed by atoms with van der Waals surface area (Å²) >= 11 is 0. The molecule has 0 unspecified atom stereocenters. The van der Waals surface area contributed by atoms with Crippen LogP contribution in [0, 0.1) is 5.82 Å². The van der Waals surface area contributed by atoms with Gasteiger partial charge in [-0.05, 0) is 55.0 Å². The number of fused-ring (bicyclic) bond motifs is 1. The molecule has 0 atom stereocenters. The number of piperazine rings is 1. The molecular weight excluding hydrogens is 608 g/mol. The molecule has 1 fully saturated rings. The first-order valence-electron chi connectivity index (χ1n) is 11.9. The topological polar surface area (TPSA) is 132 Å². The third kappa shape index (κ3) is 8.55. The summed E-state index contributed by atoms with van der Waals surface area (Å²) in [5, 5.41) is 13.0. The normalized spacial score (nSPS) is 13.4. The number of aromatic nitrogens is 1. The van der Waals surface area contributed by atoms with Gasteiger partial charge < -0.3 is 15.3 Å². The Labute approximate surface area is 250 Å². The van der Waals surface area contributed by atoms with Gasteiger partial charge in [0, 0.05) is 43.8 Å². The summed E-state index contributed by atoms with van der Waals surface area (Å²) in [7, 11) is -4.00. The van der Waals surface area contributed by atoms with Crippen LogP contribution in [-0.4, -0.2) is 74.6 Å². The lowest BCUT2D eigenvalue weighted by Crippen LogP contribution is -2.49. The highest BCUT2D eigenvalue weighted by Gasteiger charge is 2.23. The number of carbonyl (C=O) groups is 2. The molecule has 0 spiro atoms. The number of pyridine rings is 1. The number of hydrogen-bond acceptors (Lipinski definition) is 7. The second-order valence-corrected chi connectivity index (χ2v) is 10.4. The zero-order chi connectivity index (χ0) is 26.6. The molecule has 40 heavy (non-hydrogen) atoms. The summed E-state index contributed by atoms with van der Waals surface area (Å²) in [6.07, 6.45) is 0.876. The van der Waals surface area contributed by atoms with E-state index >= 15 is 0 Å². The fourth-order valence-corrected chi connectivity index (χ4v) is 5.15. The minimum Gasteiger partial charge on any atom is -0.478 e. The summed E-state index contributed by atoms with van der Waals surface area (Å²) in [4.78, 5) is 32.6. The molecular formula is C25H31Cl3FN5O5S. The number of anilines is 2. The van der Waals surface area contributed by atoms with E-state index in [9.17, 15) is 27.5 Å². The molecule has 1 aliphatic rings. The van der Waals surface area contributed by atoms with Gasteiger partial charge in [-0.2, -0.15) is 0 Å². The monoisotopic (exact) mass is 637 g/mol. The van der Waals surface area contributed by atoms with Crippen LogP contribution in [0.3, 0.4) is 0 Å². The molecule has 0 bridgehead atoms. The fourth-order valence-electron chi connectivity index (χ4n) is 4.10. The van der Waals surface area contributed by atoms with Gasteiger partial charge in [-0.25, -0.2) is 22.6 Å². The van der Waals surface area contributed by atoms with Gasteiger partial charge in [0.15, 0.2) is 0 Å². The number of nitrogens with zero attached hydrogens (tertiary/aromatic N) is 3. The number of carbonyl (C=O) groups excluding carboxylic acids is 1. The van der Waals surface area contributed by atoms with E-state index in [1.54, 1.807) is 6.07 Å². The molecule has 3 aromatic rings. The molecule has 0 aliphatic carbocycles. The van der Waals surface area contributed by atoms with E-state index < -0.39 is 21.8 Å². The predicted molar refractivity (Wildman–Crippen MR) is 160 cm³/mol. The highest BCUT2D eigenvalue weighted by Crippen LogP contribution is 2.28. The number of aromatic carboxylic acids is 1. The van der Waals surface area contributed by atoms with E-state index in [1.165, 1.54) is 18.2 Å². The Balaban J connectivity index is 0.00000267. The van der Waals surface area contributed by atoms with Crippen LogP contribution in [-0.2, 0) is 14.8 Å². The van der Waals surface area contributed by atoms with Crippen LogP contribution in [0.5, 0.6) is 0 Å². The second kappa shape index (κ2) is 15.2. The zero-order valence-electron chi connectivity index (χ0n) is 21.5. The van der Waals surface area contributed by atoms with Crippen LogP contribution >= 0.6 is 37.2 Å². The number of nitrogens with one attached hydrogen (secondary N) is 2. The van der Waals surface area contributed by atoms with Crippen molar-refractivity contribution in [3.8, 4) is 0 Å². The maximum Gasteiger partial charge on any atom is 0.336 e. The lowest BCUT2D eigenvalue weighted by atomic mass is 10.1. The van der Waals surface area contributed by atoms with Crippen LogP contribution < -0.4 is 14.9 Å². The standard InChI is InChI=1S/C25H28FN5O5S.3ClH/c1-2-9-27-24(32)16-30-10-12-31(13-11-30)23-15-21(25(33)34)20-14-18(5-8-22(20)28-23)29-37(35,36)19-6-3-17(26)4-7-19;;;/h3-8,14-15,29H,2,9-13,16H2,1H3,(H,27,32)(H,33,34);3*1H. The van der Waals surface area contributed by atoms with E-state index in [-0.39, 0.29) is 64.7 Å². The average Bonchev–Trinajstić information content (AvgIpc) is 2.87. The number of rotatable bonds is 9.